The summed E-state index contributed by atoms with van der Waals surface area (Å²) in [5.74, 6) is -2.21. The molecule has 32 heavy (non-hydrogen) atoms. The average Bonchev–Trinajstić information content (AvgIpc) is 2.68. The smallest absolute Gasteiger partial charge is 0.387 e. The fourth-order valence-electron chi connectivity index (χ4n) is 3.08. The van der Waals surface area contributed by atoms with Crippen molar-refractivity contribution < 1.29 is 36.2 Å². The lowest BCUT2D eigenvalue weighted by Gasteiger charge is -2.33. The van der Waals surface area contributed by atoms with Gasteiger partial charge in [-0.05, 0) is 36.8 Å². The number of rotatable bonds is 6. The maximum atomic E-state index is 14.5. The van der Waals surface area contributed by atoms with E-state index >= 15 is 0 Å². The number of aliphatic imine (C=N–C) groups is 1. The van der Waals surface area contributed by atoms with Crippen molar-refractivity contribution in [1.29, 1.82) is 0 Å². The lowest BCUT2D eigenvalue weighted by molar-refractivity contribution is -0.0501. The van der Waals surface area contributed by atoms with Crippen molar-refractivity contribution in [1.82, 2.24) is 4.98 Å². The fourth-order valence-corrected chi connectivity index (χ4v) is 3.08. The van der Waals surface area contributed by atoms with Gasteiger partial charge in [-0.3, -0.25) is 9.79 Å². The zero-order chi connectivity index (χ0) is 22.8. The van der Waals surface area contributed by atoms with Gasteiger partial charge >= 0.3 is 6.61 Å². The number of alkyl halides is 4. The summed E-state index contributed by atoms with van der Waals surface area (Å²) in [6.45, 7) is -2.38. The highest BCUT2D eigenvalue weighted by Gasteiger charge is 2.46. The molecule has 1 aliphatic rings. The van der Waals surface area contributed by atoms with Crippen molar-refractivity contribution in [3.63, 3.8) is 0 Å². The van der Waals surface area contributed by atoms with Gasteiger partial charge in [0.25, 0.3) is 12.3 Å². The molecular weight excluding hydrogens is 463 g/mol. The highest BCUT2D eigenvalue weighted by molar-refractivity contribution is 6.03. The summed E-state index contributed by atoms with van der Waals surface area (Å²) in [6, 6.07) is 4.26. The Morgan fingerprint density at radius 3 is 2.59 bits per heavy atom. The lowest BCUT2D eigenvalue weighted by atomic mass is 9.90. The second-order valence-electron chi connectivity index (χ2n) is 6.68. The van der Waals surface area contributed by atoms with E-state index in [4.69, 9.17) is 10.5 Å². The number of carbonyl (C=O) groups is 1. The Kier molecular flexibility index (Phi) is 7.97. The van der Waals surface area contributed by atoms with E-state index in [1.165, 1.54) is 13.0 Å². The molecule has 2 heterocycles. The number of benzene rings is 1. The minimum Gasteiger partial charge on any atom is -0.433 e. The zero-order valence-corrected chi connectivity index (χ0v) is 17.3. The number of hydrogen-bond donors (Lipinski definition) is 2. The van der Waals surface area contributed by atoms with Crippen LogP contribution in [0, 0.1) is 12.7 Å². The summed E-state index contributed by atoms with van der Waals surface area (Å²) in [5, 5.41) is 2.41. The fraction of sp³-hybridized carbons (Fsp3) is 0.316. The minimum absolute atomic E-state index is 0. The number of aryl methyl sites for hydroxylation is 1. The summed E-state index contributed by atoms with van der Waals surface area (Å²) in [4.78, 5) is 20.1. The highest BCUT2D eigenvalue weighted by atomic mass is 35.5. The van der Waals surface area contributed by atoms with Gasteiger partial charge in [0.15, 0.2) is 5.54 Å². The Bertz CT molecular complexity index is 1020. The van der Waals surface area contributed by atoms with Gasteiger partial charge in [-0.15, -0.1) is 12.4 Å². The second-order valence-corrected chi connectivity index (χ2v) is 6.68. The molecular formula is C19H18ClF5N4O3. The number of hydrogen-bond acceptors (Lipinski definition) is 6. The first-order valence-electron chi connectivity index (χ1n) is 8.85. The Labute approximate surface area is 185 Å². The molecule has 2 aromatic rings. The molecule has 0 saturated carbocycles. The third kappa shape index (κ3) is 5.25. The maximum Gasteiger partial charge on any atom is 0.387 e. The van der Waals surface area contributed by atoms with E-state index in [0.29, 0.717) is 0 Å². The Hall–Kier alpha value is -2.99. The maximum absolute atomic E-state index is 14.5. The number of ether oxygens (including phenoxy) is 2. The highest BCUT2D eigenvalue weighted by Crippen LogP contribution is 2.38. The molecule has 0 fully saturated rings. The van der Waals surface area contributed by atoms with Crippen molar-refractivity contribution >= 4 is 29.8 Å². The number of nitrogens with one attached hydrogen (secondary N) is 1. The third-order valence-corrected chi connectivity index (χ3v) is 4.46. The molecule has 1 aromatic heterocycles. The van der Waals surface area contributed by atoms with Gasteiger partial charge in [0.1, 0.15) is 29.7 Å². The number of nitrogens with two attached hydrogens (primary N) is 1. The van der Waals surface area contributed by atoms with E-state index in [-0.39, 0.29) is 47.5 Å². The van der Waals surface area contributed by atoms with Crippen molar-refractivity contribution in [2.45, 2.75) is 25.5 Å². The predicted molar refractivity (Wildman–Crippen MR) is 107 cm³/mol. The van der Waals surface area contributed by atoms with Gasteiger partial charge in [-0.25, -0.2) is 18.2 Å². The quantitative estimate of drug-likeness (QED) is 0.615. The molecule has 0 bridgehead atoms. The molecule has 1 atom stereocenters. The molecule has 1 aromatic carbocycles. The largest absolute Gasteiger partial charge is 0.433 e. The summed E-state index contributed by atoms with van der Waals surface area (Å²) in [5.41, 5.74) is 2.73. The third-order valence-electron chi connectivity index (χ3n) is 4.46. The molecule has 0 unspecified atom stereocenters. The minimum atomic E-state index is -3.14. The van der Waals surface area contributed by atoms with Crippen LogP contribution in [0.2, 0.25) is 0 Å². The van der Waals surface area contributed by atoms with Gasteiger partial charge < -0.3 is 20.5 Å². The van der Waals surface area contributed by atoms with Gasteiger partial charge in [0.05, 0.1) is 12.8 Å². The van der Waals surface area contributed by atoms with Gasteiger partial charge in [-0.1, -0.05) is 0 Å². The first-order valence-corrected chi connectivity index (χ1v) is 8.85. The van der Waals surface area contributed by atoms with E-state index < -0.39 is 42.5 Å². The Balaban J connectivity index is 0.00000363. The van der Waals surface area contributed by atoms with E-state index in [1.54, 1.807) is 0 Å². The molecule has 0 spiro atoms. The van der Waals surface area contributed by atoms with Crippen LogP contribution < -0.4 is 15.8 Å². The van der Waals surface area contributed by atoms with E-state index in [2.05, 4.69) is 20.0 Å². The van der Waals surface area contributed by atoms with Gasteiger partial charge in [0, 0.05) is 11.3 Å². The number of pyridine rings is 1. The molecule has 3 N–H and O–H groups in total. The Morgan fingerprint density at radius 2 is 2.00 bits per heavy atom. The van der Waals surface area contributed by atoms with E-state index in [0.717, 1.165) is 24.4 Å². The van der Waals surface area contributed by atoms with Crippen LogP contribution in [-0.4, -0.2) is 43.0 Å². The van der Waals surface area contributed by atoms with Crippen LogP contribution in [0.1, 0.15) is 21.6 Å². The summed E-state index contributed by atoms with van der Waals surface area (Å²) in [7, 11) is 0. The number of anilines is 1. The molecule has 174 valence electrons. The van der Waals surface area contributed by atoms with Crippen LogP contribution in [0.5, 0.6) is 5.75 Å². The van der Waals surface area contributed by atoms with Crippen molar-refractivity contribution in [2.75, 3.05) is 18.5 Å². The van der Waals surface area contributed by atoms with Crippen molar-refractivity contribution in [3.05, 3.63) is 53.1 Å². The first kappa shape index (κ1) is 25.3. The number of nitrogens with zero attached hydrogens (tertiary/aromatic N) is 2. The summed E-state index contributed by atoms with van der Waals surface area (Å²) in [6.07, 6.45) is -2.20. The molecule has 13 heteroatoms. The zero-order valence-electron chi connectivity index (χ0n) is 16.5. The van der Waals surface area contributed by atoms with Crippen LogP contribution in [0.15, 0.2) is 35.5 Å². The standard InChI is InChI=1S/C19H17F5N4O3.ClH/c1-9-4-11(31-18(23)24)6-26-15(9)16(29)27-10-2-3-13(20)12(5-10)19(17(21)22)8-30-7-14(25)28-19;/h2-6,17-18H,7-8H2,1H3,(H2,25,28)(H,27,29);1H/t19-;/m0./s1. The first-order chi connectivity index (χ1) is 14.6. The van der Waals surface area contributed by atoms with Crippen LogP contribution in [-0.2, 0) is 10.3 Å². The van der Waals surface area contributed by atoms with Gasteiger partial charge in [0.2, 0.25) is 0 Å². The van der Waals surface area contributed by atoms with Crippen LogP contribution >= 0.6 is 12.4 Å². The summed E-state index contributed by atoms with van der Waals surface area (Å²) >= 11 is 0. The number of amides is 1. The van der Waals surface area contributed by atoms with Gasteiger partial charge in [-0.2, -0.15) is 8.78 Å². The molecule has 3 rings (SSSR count). The monoisotopic (exact) mass is 480 g/mol. The topological polar surface area (TPSA) is 98.8 Å². The SMILES string of the molecule is Cc1cc(OC(F)F)cnc1C(=O)Nc1ccc(F)c([C@]2(C(F)F)COCC(N)=N2)c1.Cl. The number of aromatic nitrogens is 1. The molecule has 1 amide bonds. The molecule has 0 radical (unpaired) electrons. The molecule has 7 nitrogen and oxygen atoms in total. The second kappa shape index (κ2) is 10.1. The Morgan fingerprint density at radius 1 is 1.28 bits per heavy atom. The average molecular weight is 481 g/mol. The normalized spacial score (nSPS) is 18.2. The number of amidine groups is 1. The van der Waals surface area contributed by atoms with Crippen molar-refractivity contribution in [2.24, 2.45) is 10.7 Å². The van der Waals surface area contributed by atoms with E-state index in [9.17, 15) is 26.7 Å². The predicted octanol–water partition coefficient (Wildman–Crippen LogP) is 3.65. The van der Waals surface area contributed by atoms with Crippen LogP contribution in [0.4, 0.5) is 27.6 Å². The molecule has 0 saturated heterocycles. The number of halogens is 6. The number of carbonyl (C=O) groups excluding carboxylic acids is 1. The lowest BCUT2D eigenvalue weighted by Crippen LogP contribution is -2.45. The van der Waals surface area contributed by atoms with Crippen molar-refractivity contribution in [3.8, 4) is 5.75 Å². The van der Waals surface area contributed by atoms with Crippen LogP contribution in [0.25, 0.3) is 0 Å². The molecule has 0 aliphatic carbocycles. The van der Waals surface area contributed by atoms with E-state index in [1.807, 2.05) is 0 Å². The molecule has 1 aliphatic heterocycles. The van der Waals surface area contributed by atoms with Crippen LogP contribution in [0.3, 0.4) is 0 Å². The summed E-state index contributed by atoms with van der Waals surface area (Å²) < 4.78 is 76.1.